The minimum Gasteiger partial charge on any atom is -0.390 e. The average Bonchev–Trinajstić information content (AvgIpc) is 2.32. The molecule has 4 heteroatoms. The number of aromatic nitrogens is 1. The Bertz CT molecular complexity index is 481. The third kappa shape index (κ3) is 3.38. The fourth-order valence-corrected chi connectivity index (χ4v) is 2.72. The van der Waals surface area contributed by atoms with Gasteiger partial charge in [-0.15, -0.1) is 0 Å². The Morgan fingerprint density at radius 3 is 2.63 bits per heavy atom. The molecule has 1 aromatic rings. The topological polar surface area (TPSA) is 54.3 Å². The van der Waals surface area contributed by atoms with Gasteiger partial charge in [-0.05, 0) is 58.6 Å². The summed E-state index contributed by atoms with van der Waals surface area (Å²) in [6, 6.07) is 4.20. The molecule has 1 aromatic heterocycles. The maximum Gasteiger partial charge on any atom is 0.274 e. The largest absolute Gasteiger partial charge is 0.390 e. The van der Waals surface area contributed by atoms with Crippen molar-refractivity contribution in [3.63, 3.8) is 0 Å². The van der Waals surface area contributed by atoms with Gasteiger partial charge in [-0.3, -0.25) is 4.79 Å². The van der Waals surface area contributed by atoms with Crippen LogP contribution in [0.5, 0.6) is 0 Å². The van der Waals surface area contributed by atoms with Crippen molar-refractivity contribution in [1.82, 2.24) is 4.57 Å². The van der Waals surface area contributed by atoms with E-state index in [0.717, 1.165) is 25.7 Å². The third-order valence-corrected chi connectivity index (χ3v) is 3.84. The van der Waals surface area contributed by atoms with Gasteiger partial charge in [0.15, 0.2) is 0 Å². The van der Waals surface area contributed by atoms with Crippen LogP contribution in [0, 0.1) is 0 Å². The lowest BCUT2D eigenvalue weighted by molar-refractivity contribution is 0.00956. The Morgan fingerprint density at radius 2 is 2.05 bits per heavy atom. The first-order valence-electron chi connectivity index (χ1n) is 7.09. The fraction of sp³-hybridized carbons (Fsp3) is 0.667. The highest BCUT2D eigenvalue weighted by Gasteiger charge is 2.29. The molecule has 0 spiro atoms. The van der Waals surface area contributed by atoms with E-state index in [2.05, 4.69) is 5.32 Å². The van der Waals surface area contributed by atoms with Crippen LogP contribution in [0.4, 0.5) is 5.69 Å². The lowest BCUT2D eigenvalue weighted by Gasteiger charge is -2.34. The molecule has 2 rings (SSSR count). The van der Waals surface area contributed by atoms with Crippen molar-refractivity contribution < 1.29 is 5.11 Å². The van der Waals surface area contributed by atoms with Crippen LogP contribution in [0.25, 0.3) is 0 Å². The van der Waals surface area contributed by atoms with Crippen LogP contribution in [-0.2, 0) is 0 Å². The number of hydrogen-bond donors (Lipinski definition) is 2. The van der Waals surface area contributed by atoms with E-state index in [4.69, 9.17) is 0 Å². The number of pyridine rings is 1. The summed E-state index contributed by atoms with van der Waals surface area (Å²) in [4.78, 5) is 12.4. The summed E-state index contributed by atoms with van der Waals surface area (Å²) in [6.07, 6.45) is 5.09. The first-order chi connectivity index (χ1) is 8.89. The van der Waals surface area contributed by atoms with Crippen LogP contribution in [0.2, 0.25) is 0 Å². The molecule has 0 bridgehead atoms. The molecule has 1 saturated carbocycles. The number of aliphatic hydroxyl groups is 1. The summed E-state index contributed by atoms with van der Waals surface area (Å²) in [5.41, 5.74) is 0.144. The Balaban J connectivity index is 2.19. The van der Waals surface area contributed by atoms with E-state index in [0.29, 0.717) is 5.69 Å². The van der Waals surface area contributed by atoms with E-state index in [9.17, 15) is 9.90 Å². The first-order valence-corrected chi connectivity index (χ1v) is 7.09. The molecule has 1 heterocycles. The predicted molar refractivity (Wildman–Crippen MR) is 77.6 cm³/mol. The van der Waals surface area contributed by atoms with Crippen LogP contribution >= 0.6 is 0 Å². The molecule has 2 N–H and O–H groups in total. The third-order valence-electron chi connectivity index (χ3n) is 3.84. The molecule has 1 aliphatic rings. The maximum atomic E-state index is 12.4. The Hall–Kier alpha value is -1.29. The molecule has 4 nitrogen and oxygen atoms in total. The SMILES string of the molecule is CC(C)Nc1cccn([C@H]2CC[C@](C)(O)CC2)c1=O. The fourth-order valence-electron chi connectivity index (χ4n) is 2.72. The van der Waals surface area contributed by atoms with Gasteiger partial charge < -0.3 is 15.0 Å². The lowest BCUT2D eigenvalue weighted by Crippen LogP contribution is -2.35. The first kappa shape index (κ1) is 14.1. The van der Waals surface area contributed by atoms with Gasteiger partial charge in [-0.1, -0.05) is 0 Å². The normalized spacial score (nSPS) is 27.5. The summed E-state index contributed by atoms with van der Waals surface area (Å²) in [5, 5.41) is 13.2. The molecule has 0 atom stereocenters. The lowest BCUT2D eigenvalue weighted by atomic mass is 9.83. The van der Waals surface area contributed by atoms with Crippen molar-refractivity contribution in [2.24, 2.45) is 0 Å². The van der Waals surface area contributed by atoms with E-state index in [-0.39, 0.29) is 17.6 Å². The average molecular weight is 264 g/mol. The minimum absolute atomic E-state index is 0.0442. The van der Waals surface area contributed by atoms with Crippen molar-refractivity contribution in [3.05, 3.63) is 28.7 Å². The molecular formula is C15H24N2O2. The molecule has 1 fully saturated rings. The zero-order valence-corrected chi connectivity index (χ0v) is 12.0. The van der Waals surface area contributed by atoms with Crippen molar-refractivity contribution >= 4 is 5.69 Å². The molecule has 0 unspecified atom stereocenters. The van der Waals surface area contributed by atoms with Gasteiger partial charge in [0.2, 0.25) is 0 Å². The minimum atomic E-state index is -0.562. The summed E-state index contributed by atoms with van der Waals surface area (Å²) in [5.74, 6) is 0. The Labute approximate surface area is 114 Å². The van der Waals surface area contributed by atoms with Crippen molar-refractivity contribution in [2.45, 2.75) is 64.1 Å². The van der Waals surface area contributed by atoms with Gasteiger partial charge in [-0.2, -0.15) is 0 Å². The van der Waals surface area contributed by atoms with Gasteiger partial charge in [-0.25, -0.2) is 0 Å². The van der Waals surface area contributed by atoms with Gasteiger partial charge in [0, 0.05) is 18.3 Å². The summed E-state index contributed by atoms with van der Waals surface area (Å²) in [7, 11) is 0. The summed E-state index contributed by atoms with van der Waals surface area (Å²) in [6.45, 7) is 5.92. The molecule has 1 aliphatic carbocycles. The monoisotopic (exact) mass is 264 g/mol. The van der Waals surface area contributed by atoms with Crippen LogP contribution in [0.3, 0.4) is 0 Å². The Kier molecular flexibility index (Phi) is 3.99. The van der Waals surface area contributed by atoms with Gasteiger partial charge in [0.05, 0.1) is 5.60 Å². The number of rotatable bonds is 3. The summed E-state index contributed by atoms with van der Waals surface area (Å²) >= 11 is 0. The second-order valence-electron chi connectivity index (χ2n) is 6.16. The number of anilines is 1. The molecule has 0 aromatic carbocycles. The second-order valence-corrected chi connectivity index (χ2v) is 6.16. The molecule has 0 saturated heterocycles. The second kappa shape index (κ2) is 5.37. The molecular weight excluding hydrogens is 240 g/mol. The van der Waals surface area contributed by atoms with Gasteiger partial charge in [0.1, 0.15) is 5.69 Å². The van der Waals surface area contributed by atoms with E-state index in [1.807, 2.05) is 43.7 Å². The van der Waals surface area contributed by atoms with Gasteiger partial charge >= 0.3 is 0 Å². The highest BCUT2D eigenvalue weighted by Crippen LogP contribution is 2.33. The van der Waals surface area contributed by atoms with Crippen molar-refractivity contribution in [2.75, 3.05) is 5.32 Å². The summed E-state index contributed by atoms with van der Waals surface area (Å²) < 4.78 is 1.82. The number of nitrogens with zero attached hydrogens (tertiary/aromatic N) is 1. The molecule has 0 amide bonds. The van der Waals surface area contributed by atoms with E-state index in [1.54, 1.807) is 0 Å². The zero-order valence-electron chi connectivity index (χ0n) is 12.0. The smallest absolute Gasteiger partial charge is 0.274 e. The van der Waals surface area contributed by atoms with E-state index in [1.165, 1.54) is 0 Å². The maximum absolute atomic E-state index is 12.4. The van der Waals surface area contributed by atoms with E-state index < -0.39 is 5.60 Å². The number of nitrogens with one attached hydrogen (secondary N) is 1. The number of hydrogen-bond acceptors (Lipinski definition) is 3. The van der Waals surface area contributed by atoms with Crippen molar-refractivity contribution in [3.8, 4) is 0 Å². The Morgan fingerprint density at radius 1 is 1.42 bits per heavy atom. The standard InChI is InChI=1S/C15H24N2O2/c1-11(2)16-13-5-4-10-17(14(13)18)12-6-8-15(3,19)9-7-12/h4-5,10-12,16,19H,6-9H2,1-3H3/t12-,15-. The molecule has 0 radical (unpaired) electrons. The predicted octanol–water partition coefficient (Wildman–Crippen LogP) is 2.53. The van der Waals surface area contributed by atoms with Crippen LogP contribution in [0.1, 0.15) is 52.5 Å². The quantitative estimate of drug-likeness (QED) is 0.882. The van der Waals surface area contributed by atoms with Crippen molar-refractivity contribution in [1.29, 1.82) is 0 Å². The molecule has 106 valence electrons. The van der Waals surface area contributed by atoms with E-state index >= 15 is 0 Å². The van der Waals surface area contributed by atoms with Crippen LogP contribution in [0.15, 0.2) is 23.1 Å². The zero-order chi connectivity index (χ0) is 14.0. The van der Waals surface area contributed by atoms with Gasteiger partial charge in [0.25, 0.3) is 5.56 Å². The molecule has 0 aliphatic heterocycles. The van der Waals surface area contributed by atoms with Crippen LogP contribution < -0.4 is 10.9 Å². The van der Waals surface area contributed by atoms with Crippen LogP contribution in [-0.4, -0.2) is 21.3 Å². The highest BCUT2D eigenvalue weighted by atomic mass is 16.3. The highest BCUT2D eigenvalue weighted by molar-refractivity contribution is 5.41. The molecule has 19 heavy (non-hydrogen) atoms.